The Bertz CT molecular complexity index is 964. The van der Waals surface area contributed by atoms with Crippen molar-refractivity contribution in [2.45, 2.75) is 18.7 Å². The molecule has 0 aliphatic carbocycles. The summed E-state index contributed by atoms with van der Waals surface area (Å²) in [7, 11) is -3.72. The fourth-order valence-corrected chi connectivity index (χ4v) is 4.62. The van der Waals surface area contributed by atoms with Crippen LogP contribution in [0.1, 0.15) is 13.8 Å². The van der Waals surface area contributed by atoms with Crippen molar-refractivity contribution in [1.29, 1.82) is 0 Å². The van der Waals surface area contributed by atoms with Gasteiger partial charge in [-0.2, -0.15) is 4.31 Å². The summed E-state index contributed by atoms with van der Waals surface area (Å²) in [6.45, 7) is 3.71. The zero-order valence-corrected chi connectivity index (χ0v) is 18.4. The molecule has 7 nitrogen and oxygen atoms in total. The van der Waals surface area contributed by atoms with Crippen LogP contribution in [0.4, 0.5) is 5.69 Å². The van der Waals surface area contributed by atoms with E-state index in [4.69, 9.17) is 16.3 Å². The summed E-state index contributed by atoms with van der Waals surface area (Å²) in [5, 5.41) is 12.8. The van der Waals surface area contributed by atoms with Crippen LogP contribution in [0.5, 0.6) is 11.5 Å². The molecule has 28 heavy (non-hydrogen) atoms. The lowest BCUT2D eigenvalue weighted by atomic mass is 10.3. The Morgan fingerprint density at radius 2 is 1.89 bits per heavy atom. The van der Waals surface area contributed by atoms with Gasteiger partial charge >= 0.3 is 0 Å². The van der Waals surface area contributed by atoms with Crippen LogP contribution in [-0.4, -0.2) is 43.4 Å². The van der Waals surface area contributed by atoms with Crippen LogP contribution in [0, 0.1) is 0 Å². The van der Waals surface area contributed by atoms with Gasteiger partial charge < -0.3 is 15.2 Å². The number of carbonyl (C=O) groups is 1. The van der Waals surface area contributed by atoms with Gasteiger partial charge in [0.2, 0.25) is 10.0 Å². The molecule has 2 rings (SSSR count). The smallest absolute Gasteiger partial charge is 0.262 e. The predicted octanol–water partition coefficient (Wildman–Crippen LogP) is 3.86. The van der Waals surface area contributed by atoms with Crippen molar-refractivity contribution < 1.29 is 23.1 Å². The van der Waals surface area contributed by atoms with Crippen LogP contribution in [0.3, 0.4) is 0 Å². The highest BCUT2D eigenvalue weighted by atomic mass is 79.9. The number of sulfonamides is 1. The standard InChI is InChI=1S/C18H20BrClN2O5S/c1-3-22(4-2)28(25,26)13-6-7-16(23)15(10-13)21-18(24)11-27-17-8-5-12(19)9-14(17)20/h5-10,23H,3-4,11H2,1-2H3,(H,21,24). The molecule has 0 aliphatic heterocycles. The number of ether oxygens (including phenoxy) is 1. The van der Waals surface area contributed by atoms with E-state index in [1.54, 1.807) is 32.0 Å². The molecule has 0 bridgehead atoms. The topological polar surface area (TPSA) is 95.9 Å². The van der Waals surface area contributed by atoms with Crippen molar-refractivity contribution in [3.63, 3.8) is 0 Å². The minimum absolute atomic E-state index is 0.0243. The number of carbonyl (C=O) groups excluding carboxylic acids is 1. The molecule has 0 unspecified atom stereocenters. The van der Waals surface area contributed by atoms with Crippen molar-refractivity contribution in [3.8, 4) is 11.5 Å². The van der Waals surface area contributed by atoms with Gasteiger partial charge in [-0.15, -0.1) is 0 Å². The minimum atomic E-state index is -3.72. The van der Waals surface area contributed by atoms with Gasteiger partial charge in [0, 0.05) is 17.6 Å². The summed E-state index contributed by atoms with van der Waals surface area (Å²) in [6, 6.07) is 8.67. The van der Waals surface area contributed by atoms with Gasteiger partial charge in [-0.25, -0.2) is 8.42 Å². The summed E-state index contributed by atoms with van der Waals surface area (Å²) in [4.78, 5) is 12.1. The molecule has 1 amide bonds. The molecule has 0 heterocycles. The fourth-order valence-electron chi connectivity index (χ4n) is 2.41. The number of halogens is 2. The summed E-state index contributed by atoms with van der Waals surface area (Å²) >= 11 is 9.30. The second-order valence-corrected chi connectivity index (χ2v) is 8.94. The Labute approximate surface area is 177 Å². The third kappa shape index (κ3) is 5.38. The van der Waals surface area contributed by atoms with E-state index < -0.39 is 15.9 Å². The van der Waals surface area contributed by atoms with E-state index in [1.165, 1.54) is 22.5 Å². The van der Waals surface area contributed by atoms with E-state index >= 15 is 0 Å². The maximum Gasteiger partial charge on any atom is 0.262 e. The number of hydrogen-bond acceptors (Lipinski definition) is 5. The molecule has 0 atom stereocenters. The van der Waals surface area contributed by atoms with Crippen LogP contribution in [0.25, 0.3) is 0 Å². The number of hydrogen-bond donors (Lipinski definition) is 2. The van der Waals surface area contributed by atoms with Crippen molar-refractivity contribution in [1.82, 2.24) is 4.31 Å². The number of anilines is 1. The normalized spacial score (nSPS) is 11.5. The van der Waals surface area contributed by atoms with Gasteiger partial charge in [0.15, 0.2) is 6.61 Å². The van der Waals surface area contributed by atoms with E-state index in [-0.39, 0.29) is 22.9 Å². The molecular weight excluding hydrogens is 472 g/mol. The first kappa shape index (κ1) is 22.5. The summed E-state index contributed by atoms with van der Waals surface area (Å²) < 4.78 is 32.6. The molecule has 0 saturated heterocycles. The molecule has 0 spiro atoms. The van der Waals surface area contributed by atoms with E-state index in [1.807, 2.05) is 0 Å². The number of aromatic hydroxyl groups is 1. The number of amides is 1. The van der Waals surface area contributed by atoms with Crippen molar-refractivity contribution in [2.75, 3.05) is 25.0 Å². The Hall–Kier alpha value is -1.81. The molecule has 0 aliphatic rings. The monoisotopic (exact) mass is 490 g/mol. The van der Waals surface area contributed by atoms with Crippen LogP contribution >= 0.6 is 27.5 Å². The van der Waals surface area contributed by atoms with Crippen LogP contribution < -0.4 is 10.1 Å². The molecule has 0 fully saturated rings. The molecule has 2 aromatic rings. The average Bonchev–Trinajstić information content (AvgIpc) is 2.63. The van der Waals surface area contributed by atoms with Crippen molar-refractivity contribution >= 4 is 49.1 Å². The van der Waals surface area contributed by atoms with Crippen molar-refractivity contribution in [2.24, 2.45) is 0 Å². The van der Waals surface area contributed by atoms with Crippen molar-refractivity contribution in [3.05, 3.63) is 45.9 Å². The lowest BCUT2D eigenvalue weighted by molar-refractivity contribution is -0.118. The first-order valence-electron chi connectivity index (χ1n) is 8.39. The van der Waals surface area contributed by atoms with Gasteiger partial charge in [0.25, 0.3) is 5.91 Å². The number of benzene rings is 2. The lowest BCUT2D eigenvalue weighted by Crippen LogP contribution is -2.30. The van der Waals surface area contributed by atoms with E-state index in [2.05, 4.69) is 21.2 Å². The SMILES string of the molecule is CCN(CC)S(=O)(=O)c1ccc(O)c(NC(=O)COc2ccc(Br)cc2Cl)c1. The first-order valence-corrected chi connectivity index (χ1v) is 11.0. The molecule has 10 heteroatoms. The van der Waals surface area contributed by atoms with Crippen LogP contribution in [-0.2, 0) is 14.8 Å². The highest BCUT2D eigenvalue weighted by Gasteiger charge is 2.23. The molecule has 0 aromatic heterocycles. The highest BCUT2D eigenvalue weighted by molar-refractivity contribution is 9.10. The lowest BCUT2D eigenvalue weighted by Gasteiger charge is -2.19. The fraction of sp³-hybridized carbons (Fsp3) is 0.278. The zero-order valence-electron chi connectivity index (χ0n) is 15.3. The number of rotatable bonds is 8. The third-order valence-electron chi connectivity index (χ3n) is 3.84. The summed E-state index contributed by atoms with van der Waals surface area (Å²) in [6.07, 6.45) is 0. The van der Waals surface area contributed by atoms with Gasteiger partial charge in [0.1, 0.15) is 11.5 Å². The number of phenols is 1. The average molecular weight is 492 g/mol. The van der Waals surface area contributed by atoms with Crippen LogP contribution in [0.2, 0.25) is 5.02 Å². The van der Waals surface area contributed by atoms with Gasteiger partial charge in [-0.1, -0.05) is 41.4 Å². The third-order valence-corrected chi connectivity index (χ3v) is 6.67. The zero-order chi connectivity index (χ0) is 20.9. The molecule has 152 valence electrons. The quantitative estimate of drug-likeness (QED) is 0.547. The van der Waals surface area contributed by atoms with E-state index in [0.29, 0.717) is 23.9 Å². The number of nitrogens with one attached hydrogen (secondary N) is 1. The van der Waals surface area contributed by atoms with Gasteiger partial charge in [-0.3, -0.25) is 4.79 Å². The largest absolute Gasteiger partial charge is 0.506 e. The second kappa shape index (κ2) is 9.60. The Kier molecular flexibility index (Phi) is 7.70. The highest BCUT2D eigenvalue weighted by Crippen LogP contribution is 2.29. The summed E-state index contributed by atoms with van der Waals surface area (Å²) in [5.41, 5.74) is -0.0243. The van der Waals surface area contributed by atoms with Crippen LogP contribution in [0.15, 0.2) is 45.8 Å². The molecule has 0 saturated carbocycles. The number of phenolic OH excluding ortho intramolecular Hbond substituents is 1. The molecule has 0 radical (unpaired) electrons. The van der Waals surface area contributed by atoms with Gasteiger partial charge in [-0.05, 0) is 36.4 Å². The second-order valence-electron chi connectivity index (χ2n) is 5.68. The first-order chi connectivity index (χ1) is 13.2. The molecule has 2 N–H and O–H groups in total. The predicted molar refractivity (Wildman–Crippen MR) is 111 cm³/mol. The Morgan fingerprint density at radius 3 is 2.50 bits per heavy atom. The number of nitrogens with zero attached hydrogens (tertiary/aromatic N) is 1. The van der Waals surface area contributed by atoms with Gasteiger partial charge in [0.05, 0.1) is 15.6 Å². The minimum Gasteiger partial charge on any atom is -0.506 e. The Balaban J connectivity index is 2.14. The maximum atomic E-state index is 12.6. The summed E-state index contributed by atoms with van der Waals surface area (Å²) in [5.74, 6) is -0.512. The van der Waals surface area contributed by atoms with E-state index in [0.717, 1.165) is 4.47 Å². The Morgan fingerprint density at radius 1 is 1.21 bits per heavy atom. The molecular formula is C18H20BrClN2O5S. The maximum absolute atomic E-state index is 12.6. The van der Waals surface area contributed by atoms with E-state index in [9.17, 15) is 18.3 Å². The molecule has 2 aromatic carbocycles.